The fourth-order valence-electron chi connectivity index (χ4n) is 2.52. The van der Waals surface area contributed by atoms with E-state index in [4.69, 9.17) is 9.47 Å². The minimum absolute atomic E-state index is 0. The number of hydrogen-bond acceptors (Lipinski definition) is 5. The van der Waals surface area contributed by atoms with Crippen molar-refractivity contribution in [2.45, 2.75) is 33.7 Å². The van der Waals surface area contributed by atoms with Gasteiger partial charge in [-0.1, -0.05) is 6.07 Å². The van der Waals surface area contributed by atoms with Gasteiger partial charge in [-0.05, 0) is 44.9 Å². The van der Waals surface area contributed by atoms with E-state index in [9.17, 15) is 0 Å². The standard InChI is InChI=1S/C19H30N6O2.HI/c1-5-20-19(22-13-18-24-23-14-25(18)4)21-11-10-15-8-9-16(26-6-2)17(12-15)27-7-3;/h8-9,12,14H,5-7,10-11,13H2,1-4H3,(H2,20,21,22);1H. The van der Waals surface area contributed by atoms with Gasteiger partial charge in [0.1, 0.15) is 12.9 Å². The summed E-state index contributed by atoms with van der Waals surface area (Å²) in [5.41, 5.74) is 1.18. The lowest BCUT2D eigenvalue weighted by Crippen LogP contribution is -2.38. The van der Waals surface area contributed by atoms with Gasteiger partial charge in [0.15, 0.2) is 23.3 Å². The molecule has 156 valence electrons. The fraction of sp³-hybridized carbons (Fsp3) is 0.526. The second-order valence-electron chi connectivity index (χ2n) is 5.88. The Hall–Kier alpha value is -2.04. The summed E-state index contributed by atoms with van der Waals surface area (Å²) in [6.45, 7) is 9.24. The van der Waals surface area contributed by atoms with Gasteiger partial charge in [0.2, 0.25) is 0 Å². The molecule has 0 fully saturated rings. The zero-order valence-electron chi connectivity index (χ0n) is 17.1. The fourth-order valence-corrected chi connectivity index (χ4v) is 2.52. The molecule has 0 aliphatic rings. The summed E-state index contributed by atoms with van der Waals surface area (Å²) < 4.78 is 13.2. The van der Waals surface area contributed by atoms with E-state index >= 15 is 0 Å². The first-order valence-corrected chi connectivity index (χ1v) is 9.41. The molecule has 0 atom stereocenters. The summed E-state index contributed by atoms with van der Waals surface area (Å²) in [7, 11) is 1.91. The first-order valence-electron chi connectivity index (χ1n) is 9.41. The average Bonchev–Trinajstić information content (AvgIpc) is 3.07. The number of halogens is 1. The van der Waals surface area contributed by atoms with Crippen LogP contribution in [0.1, 0.15) is 32.2 Å². The van der Waals surface area contributed by atoms with Gasteiger partial charge in [-0.2, -0.15) is 0 Å². The van der Waals surface area contributed by atoms with Crippen LogP contribution in [0.5, 0.6) is 11.5 Å². The van der Waals surface area contributed by atoms with Crippen molar-refractivity contribution in [2.24, 2.45) is 12.0 Å². The van der Waals surface area contributed by atoms with Crippen molar-refractivity contribution in [1.82, 2.24) is 25.4 Å². The highest BCUT2D eigenvalue weighted by Crippen LogP contribution is 2.28. The molecule has 1 aromatic carbocycles. The maximum atomic E-state index is 5.69. The van der Waals surface area contributed by atoms with E-state index in [1.54, 1.807) is 6.33 Å². The third-order valence-corrected chi connectivity index (χ3v) is 3.84. The zero-order chi connectivity index (χ0) is 19.5. The van der Waals surface area contributed by atoms with Crippen LogP contribution in [0.15, 0.2) is 29.5 Å². The van der Waals surface area contributed by atoms with Gasteiger partial charge in [-0.3, -0.25) is 0 Å². The molecule has 0 aliphatic carbocycles. The highest BCUT2D eigenvalue weighted by Gasteiger charge is 2.07. The lowest BCUT2D eigenvalue weighted by Gasteiger charge is -2.14. The van der Waals surface area contributed by atoms with Crippen molar-refractivity contribution in [3.63, 3.8) is 0 Å². The highest BCUT2D eigenvalue weighted by molar-refractivity contribution is 14.0. The Kier molecular flexibility index (Phi) is 11.3. The molecule has 2 rings (SSSR count). The van der Waals surface area contributed by atoms with Crippen molar-refractivity contribution in [3.8, 4) is 11.5 Å². The number of ether oxygens (including phenoxy) is 2. The molecule has 0 bridgehead atoms. The molecule has 0 unspecified atom stereocenters. The molecule has 0 amide bonds. The number of aryl methyl sites for hydroxylation is 1. The Balaban J connectivity index is 0.00000392. The van der Waals surface area contributed by atoms with E-state index in [1.165, 1.54) is 5.56 Å². The third kappa shape index (κ3) is 7.53. The van der Waals surface area contributed by atoms with Crippen LogP contribution in [0.2, 0.25) is 0 Å². The maximum absolute atomic E-state index is 5.69. The van der Waals surface area contributed by atoms with Crippen LogP contribution in [0.4, 0.5) is 0 Å². The molecule has 28 heavy (non-hydrogen) atoms. The van der Waals surface area contributed by atoms with Crippen LogP contribution in [-0.4, -0.2) is 47.0 Å². The summed E-state index contributed by atoms with van der Waals surface area (Å²) in [6, 6.07) is 6.08. The van der Waals surface area contributed by atoms with Crippen molar-refractivity contribution in [2.75, 3.05) is 26.3 Å². The van der Waals surface area contributed by atoms with E-state index < -0.39 is 0 Å². The van der Waals surface area contributed by atoms with Crippen LogP contribution in [-0.2, 0) is 20.0 Å². The molecule has 0 radical (unpaired) electrons. The molecule has 0 saturated heterocycles. The van der Waals surface area contributed by atoms with Crippen LogP contribution >= 0.6 is 24.0 Å². The van der Waals surface area contributed by atoms with E-state index in [0.29, 0.717) is 19.8 Å². The lowest BCUT2D eigenvalue weighted by molar-refractivity contribution is 0.287. The van der Waals surface area contributed by atoms with Gasteiger partial charge in [0.25, 0.3) is 0 Å². The van der Waals surface area contributed by atoms with Crippen molar-refractivity contribution < 1.29 is 9.47 Å². The largest absolute Gasteiger partial charge is 0.490 e. The predicted molar refractivity (Wildman–Crippen MR) is 122 cm³/mol. The summed E-state index contributed by atoms with van der Waals surface area (Å²) in [4.78, 5) is 4.56. The van der Waals surface area contributed by atoms with Crippen LogP contribution in [0.3, 0.4) is 0 Å². The number of rotatable bonds is 10. The van der Waals surface area contributed by atoms with Crippen LogP contribution in [0.25, 0.3) is 0 Å². The number of nitrogens with zero attached hydrogens (tertiary/aromatic N) is 4. The van der Waals surface area contributed by atoms with Crippen molar-refractivity contribution >= 4 is 29.9 Å². The number of guanidine groups is 1. The van der Waals surface area contributed by atoms with Crippen LogP contribution in [0, 0.1) is 0 Å². The molecule has 0 saturated carbocycles. The Morgan fingerprint density at radius 2 is 1.86 bits per heavy atom. The topological polar surface area (TPSA) is 85.6 Å². The summed E-state index contributed by atoms with van der Waals surface area (Å²) in [5.74, 6) is 3.16. The van der Waals surface area contributed by atoms with Gasteiger partial charge in [-0.25, -0.2) is 4.99 Å². The second kappa shape index (κ2) is 13.2. The van der Waals surface area contributed by atoms with Crippen molar-refractivity contribution in [3.05, 3.63) is 35.9 Å². The minimum Gasteiger partial charge on any atom is -0.490 e. The maximum Gasteiger partial charge on any atom is 0.191 e. The summed E-state index contributed by atoms with van der Waals surface area (Å²) in [5, 5.41) is 14.5. The molecule has 0 spiro atoms. The Labute approximate surface area is 184 Å². The number of aliphatic imine (C=N–C) groups is 1. The molecule has 2 N–H and O–H groups in total. The van der Waals surface area contributed by atoms with E-state index in [0.717, 1.165) is 42.8 Å². The Morgan fingerprint density at radius 3 is 2.50 bits per heavy atom. The quantitative estimate of drug-likeness (QED) is 0.295. The molecule has 1 aromatic heterocycles. The second-order valence-corrected chi connectivity index (χ2v) is 5.88. The first kappa shape index (κ1) is 24.0. The van der Waals surface area contributed by atoms with E-state index in [2.05, 4.69) is 31.9 Å². The van der Waals surface area contributed by atoms with Gasteiger partial charge >= 0.3 is 0 Å². The zero-order valence-corrected chi connectivity index (χ0v) is 19.4. The first-order chi connectivity index (χ1) is 13.2. The van der Waals surface area contributed by atoms with Gasteiger partial charge in [0.05, 0.1) is 13.2 Å². The van der Waals surface area contributed by atoms with Gasteiger partial charge in [0, 0.05) is 20.1 Å². The average molecular weight is 502 g/mol. The SMILES string of the molecule is CCNC(=NCc1nncn1C)NCCc1ccc(OCC)c(OCC)c1.I. The summed E-state index contributed by atoms with van der Waals surface area (Å²) in [6.07, 6.45) is 2.52. The monoisotopic (exact) mass is 502 g/mol. The van der Waals surface area contributed by atoms with Crippen molar-refractivity contribution in [1.29, 1.82) is 0 Å². The smallest absolute Gasteiger partial charge is 0.191 e. The molecule has 9 heteroatoms. The summed E-state index contributed by atoms with van der Waals surface area (Å²) >= 11 is 0. The minimum atomic E-state index is 0. The molecule has 1 heterocycles. The Morgan fingerprint density at radius 1 is 1.11 bits per heavy atom. The number of aromatic nitrogens is 3. The predicted octanol–water partition coefficient (Wildman–Crippen LogP) is 2.53. The van der Waals surface area contributed by atoms with Gasteiger partial charge < -0.3 is 24.7 Å². The van der Waals surface area contributed by atoms with E-state index in [-0.39, 0.29) is 24.0 Å². The van der Waals surface area contributed by atoms with Crippen LogP contribution < -0.4 is 20.1 Å². The third-order valence-electron chi connectivity index (χ3n) is 3.84. The number of benzene rings is 1. The Bertz CT molecular complexity index is 735. The normalized spacial score (nSPS) is 10.9. The molecule has 0 aliphatic heterocycles. The number of nitrogens with one attached hydrogen (secondary N) is 2. The lowest BCUT2D eigenvalue weighted by atomic mass is 10.1. The van der Waals surface area contributed by atoms with E-state index in [1.807, 2.05) is 44.5 Å². The number of hydrogen-bond donors (Lipinski definition) is 2. The van der Waals surface area contributed by atoms with Gasteiger partial charge in [-0.15, -0.1) is 34.2 Å². The molecular formula is C19H31IN6O2. The molecule has 2 aromatic rings. The highest BCUT2D eigenvalue weighted by atomic mass is 127. The molecular weight excluding hydrogens is 471 g/mol. The molecule has 8 nitrogen and oxygen atoms in total.